The molecule has 0 radical (unpaired) electrons. The van der Waals surface area contributed by atoms with E-state index in [-0.39, 0.29) is 5.91 Å². The topological polar surface area (TPSA) is 91.4 Å². The van der Waals surface area contributed by atoms with Gasteiger partial charge < -0.3 is 25.1 Å². The predicted molar refractivity (Wildman–Crippen MR) is 94.2 cm³/mol. The monoisotopic (exact) mass is 344 g/mol. The van der Waals surface area contributed by atoms with Gasteiger partial charge in [0.05, 0.1) is 5.41 Å². The lowest BCUT2D eigenvalue weighted by Gasteiger charge is -2.34. The van der Waals surface area contributed by atoms with E-state index < -0.39 is 5.41 Å². The number of benzene rings is 1. The van der Waals surface area contributed by atoms with Gasteiger partial charge in [0.15, 0.2) is 0 Å². The summed E-state index contributed by atoms with van der Waals surface area (Å²) in [7, 11) is 1.92. The number of nitrogens with two attached hydrogens (primary N) is 1. The van der Waals surface area contributed by atoms with Gasteiger partial charge in [-0.15, -0.1) is 0 Å². The third-order valence-corrected chi connectivity index (χ3v) is 4.72. The van der Waals surface area contributed by atoms with Crippen LogP contribution in [-0.2, 0) is 23.2 Å². The molecular formula is C18H24N4O3. The van der Waals surface area contributed by atoms with Crippen molar-refractivity contribution in [3.05, 3.63) is 42.5 Å². The minimum absolute atomic E-state index is 0.0417. The fraction of sp³-hybridized carbons (Fsp3) is 0.444. The number of nitrogens with zero attached hydrogens (tertiary/aromatic N) is 2. The minimum Gasteiger partial charge on any atom is -0.486 e. The molecule has 0 atom stereocenters. The minimum atomic E-state index is -0.536. The number of aromatic nitrogens is 2. The number of ether oxygens (including phenoxy) is 2. The number of imidazole rings is 1. The van der Waals surface area contributed by atoms with Crippen LogP contribution in [0.25, 0.3) is 0 Å². The van der Waals surface area contributed by atoms with Crippen molar-refractivity contribution in [3.63, 3.8) is 0 Å². The van der Waals surface area contributed by atoms with Crippen molar-refractivity contribution in [2.45, 2.75) is 19.4 Å². The lowest BCUT2D eigenvalue weighted by molar-refractivity contribution is -0.130. The molecule has 3 rings (SSSR count). The Hall–Kier alpha value is -2.38. The van der Waals surface area contributed by atoms with Crippen molar-refractivity contribution in [3.8, 4) is 5.75 Å². The summed E-state index contributed by atoms with van der Waals surface area (Å²) < 4.78 is 13.0. The highest BCUT2D eigenvalue weighted by Crippen LogP contribution is 2.31. The van der Waals surface area contributed by atoms with Gasteiger partial charge in [-0.3, -0.25) is 4.79 Å². The number of nitrogens with one attached hydrogen (secondary N) is 1. The molecule has 1 aliphatic rings. The molecule has 1 aromatic carbocycles. The molecule has 1 amide bonds. The summed E-state index contributed by atoms with van der Waals surface area (Å²) in [6.07, 6.45) is 4.92. The first-order valence-electron chi connectivity index (χ1n) is 8.41. The van der Waals surface area contributed by atoms with Crippen molar-refractivity contribution in [2.24, 2.45) is 18.2 Å². The number of carbonyl (C=O) groups excluding carboxylic acids is 1. The highest BCUT2D eigenvalue weighted by molar-refractivity contribution is 5.95. The molecular weight excluding hydrogens is 320 g/mol. The Morgan fingerprint density at radius 3 is 2.68 bits per heavy atom. The summed E-state index contributed by atoms with van der Waals surface area (Å²) >= 11 is 0. The van der Waals surface area contributed by atoms with Crippen LogP contribution in [0.5, 0.6) is 5.75 Å². The summed E-state index contributed by atoms with van der Waals surface area (Å²) in [5, 5.41) is 2.96. The van der Waals surface area contributed by atoms with Crippen molar-refractivity contribution in [2.75, 3.05) is 25.1 Å². The quantitative estimate of drug-likeness (QED) is 0.832. The van der Waals surface area contributed by atoms with E-state index in [0.29, 0.717) is 39.2 Å². The van der Waals surface area contributed by atoms with Crippen LogP contribution in [0.1, 0.15) is 18.7 Å². The van der Waals surface area contributed by atoms with E-state index in [0.717, 1.165) is 17.3 Å². The van der Waals surface area contributed by atoms with Gasteiger partial charge in [-0.25, -0.2) is 4.98 Å². The Bertz CT molecular complexity index is 705. The van der Waals surface area contributed by atoms with Crippen molar-refractivity contribution in [1.82, 2.24) is 9.55 Å². The zero-order valence-electron chi connectivity index (χ0n) is 14.4. The maximum atomic E-state index is 12.6. The Kier molecular flexibility index (Phi) is 5.35. The fourth-order valence-corrected chi connectivity index (χ4v) is 2.87. The molecule has 2 aromatic rings. The zero-order chi connectivity index (χ0) is 17.7. The van der Waals surface area contributed by atoms with Gasteiger partial charge in [-0.05, 0) is 37.1 Å². The van der Waals surface area contributed by atoms with Gasteiger partial charge in [0.1, 0.15) is 18.2 Å². The third-order valence-electron chi connectivity index (χ3n) is 4.72. The van der Waals surface area contributed by atoms with Crippen LogP contribution in [0.4, 0.5) is 5.69 Å². The molecule has 2 heterocycles. The van der Waals surface area contributed by atoms with Crippen LogP contribution >= 0.6 is 0 Å². The first-order chi connectivity index (χ1) is 12.1. The van der Waals surface area contributed by atoms with Crippen molar-refractivity contribution >= 4 is 11.6 Å². The van der Waals surface area contributed by atoms with Gasteiger partial charge in [0.25, 0.3) is 0 Å². The van der Waals surface area contributed by atoms with Gasteiger partial charge in [-0.2, -0.15) is 0 Å². The van der Waals surface area contributed by atoms with E-state index in [4.69, 9.17) is 15.2 Å². The normalized spacial score (nSPS) is 16.4. The number of hydrogen-bond donors (Lipinski definition) is 2. The summed E-state index contributed by atoms with van der Waals surface area (Å²) in [6.45, 7) is 1.87. The lowest BCUT2D eigenvalue weighted by Crippen LogP contribution is -2.46. The molecule has 1 aromatic heterocycles. The molecule has 7 nitrogen and oxygen atoms in total. The molecule has 7 heteroatoms. The van der Waals surface area contributed by atoms with Crippen LogP contribution in [0.3, 0.4) is 0 Å². The van der Waals surface area contributed by atoms with E-state index >= 15 is 0 Å². The van der Waals surface area contributed by atoms with Crippen molar-refractivity contribution < 1.29 is 14.3 Å². The molecule has 0 saturated carbocycles. The molecule has 1 saturated heterocycles. The Balaban J connectivity index is 1.58. The van der Waals surface area contributed by atoms with Crippen LogP contribution in [0, 0.1) is 5.41 Å². The standard InChI is InChI=1S/C18H24N4O3/c1-22-9-8-20-16(22)12-25-15-4-2-14(3-5-15)21-17(23)18(13-19)6-10-24-11-7-18/h2-5,8-9H,6-7,10-13,19H2,1H3,(H,21,23). The molecule has 1 aliphatic heterocycles. The average molecular weight is 344 g/mol. The van der Waals surface area contributed by atoms with E-state index in [1.54, 1.807) is 6.20 Å². The smallest absolute Gasteiger partial charge is 0.232 e. The Labute approximate surface area is 147 Å². The second-order valence-electron chi connectivity index (χ2n) is 6.32. The molecule has 134 valence electrons. The van der Waals surface area contributed by atoms with Crippen LogP contribution in [0.15, 0.2) is 36.7 Å². The van der Waals surface area contributed by atoms with E-state index in [9.17, 15) is 4.79 Å². The molecule has 3 N–H and O–H groups in total. The van der Waals surface area contributed by atoms with Crippen LogP contribution in [-0.4, -0.2) is 35.2 Å². The molecule has 0 unspecified atom stereocenters. The number of carbonyl (C=O) groups is 1. The van der Waals surface area contributed by atoms with E-state index in [1.807, 2.05) is 42.1 Å². The summed E-state index contributed by atoms with van der Waals surface area (Å²) in [6, 6.07) is 7.32. The van der Waals surface area contributed by atoms with Gasteiger partial charge in [0.2, 0.25) is 5.91 Å². The maximum absolute atomic E-state index is 12.6. The van der Waals surface area contributed by atoms with Crippen LogP contribution < -0.4 is 15.8 Å². The lowest BCUT2D eigenvalue weighted by atomic mass is 9.79. The SMILES string of the molecule is Cn1ccnc1COc1ccc(NC(=O)C2(CN)CCOCC2)cc1. The first kappa shape index (κ1) is 17.4. The van der Waals surface area contributed by atoms with Gasteiger partial charge >= 0.3 is 0 Å². The molecule has 0 aliphatic carbocycles. The maximum Gasteiger partial charge on any atom is 0.232 e. The third kappa shape index (κ3) is 4.00. The van der Waals surface area contributed by atoms with E-state index in [1.165, 1.54) is 0 Å². The molecule has 1 fully saturated rings. The average Bonchev–Trinajstić information content (AvgIpc) is 3.06. The summed E-state index contributed by atoms with van der Waals surface area (Å²) in [4.78, 5) is 16.9. The number of anilines is 1. The zero-order valence-corrected chi connectivity index (χ0v) is 14.4. The number of amides is 1. The van der Waals surface area contributed by atoms with Crippen molar-refractivity contribution in [1.29, 1.82) is 0 Å². The Morgan fingerprint density at radius 1 is 1.36 bits per heavy atom. The number of rotatable bonds is 6. The largest absolute Gasteiger partial charge is 0.486 e. The van der Waals surface area contributed by atoms with Gasteiger partial charge in [-0.1, -0.05) is 0 Å². The van der Waals surface area contributed by atoms with Gasteiger partial charge in [0, 0.05) is 44.9 Å². The van der Waals surface area contributed by atoms with E-state index in [2.05, 4.69) is 10.3 Å². The molecule has 0 bridgehead atoms. The second-order valence-corrected chi connectivity index (χ2v) is 6.32. The highest BCUT2D eigenvalue weighted by Gasteiger charge is 2.38. The number of hydrogen-bond acceptors (Lipinski definition) is 5. The Morgan fingerprint density at radius 2 is 2.08 bits per heavy atom. The van der Waals surface area contributed by atoms with Crippen LogP contribution in [0.2, 0.25) is 0 Å². The predicted octanol–water partition coefficient (Wildman–Crippen LogP) is 1.69. The summed E-state index contributed by atoms with van der Waals surface area (Å²) in [5.74, 6) is 1.53. The summed E-state index contributed by atoms with van der Waals surface area (Å²) in [5.41, 5.74) is 6.06. The fourth-order valence-electron chi connectivity index (χ4n) is 2.87. The first-order valence-corrected chi connectivity index (χ1v) is 8.41. The highest BCUT2D eigenvalue weighted by atomic mass is 16.5. The molecule has 0 spiro atoms. The number of aryl methyl sites for hydroxylation is 1. The second kappa shape index (κ2) is 7.67. The molecule has 25 heavy (non-hydrogen) atoms.